The lowest BCUT2D eigenvalue weighted by Crippen LogP contribution is -1.97. The monoisotopic (exact) mass is 276 g/mol. The summed E-state index contributed by atoms with van der Waals surface area (Å²) in [6.07, 6.45) is 2.52. The number of benzene rings is 1. The van der Waals surface area contributed by atoms with Gasteiger partial charge in [0.15, 0.2) is 5.82 Å². The van der Waals surface area contributed by atoms with Gasteiger partial charge >= 0.3 is 0 Å². The van der Waals surface area contributed by atoms with Gasteiger partial charge in [0.05, 0.1) is 12.8 Å². The molecule has 0 saturated heterocycles. The van der Waals surface area contributed by atoms with E-state index >= 15 is 0 Å². The lowest BCUT2D eigenvalue weighted by atomic mass is 10.2. The van der Waals surface area contributed by atoms with Crippen LogP contribution >= 0.6 is 12.2 Å². The Bertz CT molecular complexity index is 612. The Balaban J connectivity index is 2.18. The highest BCUT2D eigenvalue weighted by Crippen LogP contribution is 2.11. The maximum Gasteiger partial charge on any atom is 0.216 e. The number of aromatic nitrogens is 3. The van der Waals surface area contributed by atoms with E-state index in [0.717, 1.165) is 23.6 Å². The Morgan fingerprint density at radius 3 is 2.74 bits per heavy atom. The second-order valence-corrected chi connectivity index (χ2v) is 4.24. The lowest BCUT2D eigenvalue weighted by Gasteiger charge is -2.02. The zero-order chi connectivity index (χ0) is 13.7. The quantitative estimate of drug-likeness (QED) is 0.675. The third-order valence-electron chi connectivity index (χ3n) is 2.55. The van der Waals surface area contributed by atoms with Crippen LogP contribution in [-0.4, -0.2) is 27.7 Å². The Hall–Kier alpha value is -1.95. The summed E-state index contributed by atoms with van der Waals surface area (Å²) in [7, 11) is 0. The third-order valence-corrected chi connectivity index (χ3v) is 2.81. The molecular weight excluding hydrogens is 260 g/mol. The number of ether oxygens (including phenoxy) is 1. The molecule has 0 bridgehead atoms. The first kappa shape index (κ1) is 13.5. The summed E-state index contributed by atoms with van der Waals surface area (Å²) in [6.45, 7) is 4.63. The molecule has 0 atom stereocenters. The summed E-state index contributed by atoms with van der Waals surface area (Å²) in [4.78, 5) is 0. The fraction of sp³-hybridized carbons (Fsp3) is 0.308. The molecule has 100 valence electrons. The van der Waals surface area contributed by atoms with Crippen LogP contribution in [0.5, 0.6) is 5.75 Å². The van der Waals surface area contributed by atoms with Crippen LogP contribution in [0, 0.1) is 4.77 Å². The topological polar surface area (TPSA) is 55.2 Å². The van der Waals surface area contributed by atoms with E-state index in [9.17, 15) is 0 Å². The Morgan fingerprint density at radius 1 is 1.37 bits per heavy atom. The van der Waals surface area contributed by atoms with Crippen LogP contribution in [0.2, 0.25) is 0 Å². The number of aryl methyl sites for hydroxylation is 1. The maximum absolute atomic E-state index is 5.39. The van der Waals surface area contributed by atoms with Crippen molar-refractivity contribution in [3.05, 3.63) is 40.4 Å². The van der Waals surface area contributed by atoms with Crippen molar-refractivity contribution in [2.24, 2.45) is 5.10 Å². The molecule has 0 aliphatic carbocycles. The van der Waals surface area contributed by atoms with Gasteiger partial charge in [0.2, 0.25) is 4.77 Å². The van der Waals surface area contributed by atoms with Gasteiger partial charge in [-0.2, -0.15) is 14.9 Å². The van der Waals surface area contributed by atoms with Crippen molar-refractivity contribution in [1.29, 1.82) is 0 Å². The molecular formula is C13H16N4OS. The molecule has 1 aromatic heterocycles. The molecule has 0 amide bonds. The molecule has 0 aliphatic rings. The van der Waals surface area contributed by atoms with Crippen LogP contribution in [0.3, 0.4) is 0 Å². The van der Waals surface area contributed by atoms with Crippen molar-refractivity contribution >= 4 is 18.4 Å². The van der Waals surface area contributed by atoms with E-state index in [1.165, 1.54) is 0 Å². The van der Waals surface area contributed by atoms with E-state index in [0.29, 0.717) is 11.4 Å². The van der Waals surface area contributed by atoms with Crippen LogP contribution in [0.1, 0.15) is 25.2 Å². The largest absolute Gasteiger partial charge is 0.494 e. The van der Waals surface area contributed by atoms with E-state index in [1.807, 2.05) is 38.1 Å². The van der Waals surface area contributed by atoms with E-state index in [4.69, 9.17) is 17.0 Å². The molecule has 2 aromatic rings. The van der Waals surface area contributed by atoms with Crippen molar-refractivity contribution < 1.29 is 4.74 Å². The molecule has 6 heteroatoms. The molecule has 1 heterocycles. The first-order valence-electron chi connectivity index (χ1n) is 6.18. The van der Waals surface area contributed by atoms with Crippen molar-refractivity contribution in [3.63, 3.8) is 0 Å². The van der Waals surface area contributed by atoms with Crippen LogP contribution in [0.4, 0.5) is 0 Å². The maximum atomic E-state index is 5.39. The number of H-pyrrole nitrogens is 1. The summed E-state index contributed by atoms with van der Waals surface area (Å²) >= 11 is 5.12. The van der Waals surface area contributed by atoms with E-state index in [-0.39, 0.29) is 0 Å². The average Bonchev–Trinajstić information content (AvgIpc) is 2.79. The number of nitrogens with zero attached hydrogens (tertiary/aromatic N) is 3. The summed E-state index contributed by atoms with van der Waals surface area (Å²) in [5.74, 6) is 1.67. The van der Waals surface area contributed by atoms with Gasteiger partial charge in [-0.3, -0.25) is 5.10 Å². The van der Waals surface area contributed by atoms with E-state index in [1.54, 1.807) is 10.9 Å². The molecule has 0 radical (unpaired) electrons. The highest BCUT2D eigenvalue weighted by atomic mass is 32.1. The summed E-state index contributed by atoms with van der Waals surface area (Å²) in [6, 6.07) is 7.73. The lowest BCUT2D eigenvalue weighted by molar-refractivity contribution is 0.340. The molecule has 0 spiro atoms. The first-order chi connectivity index (χ1) is 9.24. The van der Waals surface area contributed by atoms with Crippen LogP contribution in [-0.2, 0) is 6.42 Å². The fourth-order valence-corrected chi connectivity index (χ4v) is 1.81. The molecule has 1 aromatic carbocycles. The zero-order valence-corrected chi connectivity index (χ0v) is 11.8. The van der Waals surface area contributed by atoms with Crippen LogP contribution in [0.15, 0.2) is 29.4 Å². The molecule has 0 aliphatic heterocycles. The van der Waals surface area contributed by atoms with Gasteiger partial charge in [-0.25, -0.2) is 0 Å². The van der Waals surface area contributed by atoms with Gasteiger partial charge < -0.3 is 4.74 Å². The summed E-state index contributed by atoms with van der Waals surface area (Å²) < 4.78 is 7.52. The molecule has 0 unspecified atom stereocenters. The second-order valence-electron chi connectivity index (χ2n) is 3.86. The van der Waals surface area contributed by atoms with Crippen LogP contribution < -0.4 is 4.74 Å². The molecule has 0 saturated carbocycles. The highest BCUT2D eigenvalue weighted by molar-refractivity contribution is 7.71. The van der Waals surface area contributed by atoms with Gasteiger partial charge in [-0.15, -0.1) is 0 Å². The standard InChI is InChI=1S/C13H16N4OS/c1-3-12-15-16-13(19)17(12)14-9-10-5-7-11(8-6-10)18-4-2/h5-9H,3-4H2,1-2H3,(H,16,19)/b14-9-. The SMILES string of the molecule is CCOc1ccc(/C=N\n2c(CC)n[nH]c2=S)cc1. The van der Waals surface area contributed by atoms with Crippen molar-refractivity contribution in [2.75, 3.05) is 6.61 Å². The van der Waals surface area contributed by atoms with Gasteiger partial charge in [-0.1, -0.05) is 6.92 Å². The smallest absolute Gasteiger partial charge is 0.216 e. The Labute approximate surface area is 116 Å². The Kier molecular flexibility index (Phi) is 4.46. The molecule has 2 rings (SSSR count). The van der Waals surface area contributed by atoms with E-state index in [2.05, 4.69) is 15.3 Å². The molecule has 1 N–H and O–H groups in total. The van der Waals surface area contributed by atoms with Crippen molar-refractivity contribution in [2.45, 2.75) is 20.3 Å². The number of nitrogens with one attached hydrogen (secondary N) is 1. The number of hydrogen-bond acceptors (Lipinski definition) is 4. The number of hydrogen-bond donors (Lipinski definition) is 1. The zero-order valence-electron chi connectivity index (χ0n) is 11.0. The second kappa shape index (κ2) is 6.29. The fourth-order valence-electron chi connectivity index (χ4n) is 1.61. The van der Waals surface area contributed by atoms with Gasteiger partial charge in [0, 0.05) is 6.42 Å². The minimum absolute atomic E-state index is 0.499. The summed E-state index contributed by atoms with van der Waals surface area (Å²) in [5, 5.41) is 11.2. The Morgan fingerprint density at radius 2 is 2.11 bits per heavy atom. The highest BCUT2D eigenvalue weighted by Gasteiger charge is 2.01. The van der Waals surface area contributed by atoms with Crippen LogP contribution in [0.25, 0.3) is 0 Å². The van der Waals surface area contributed by atoms with Crippen molar-refractivity contribution in [3.8, 4) is 5.75 Å². The molecule has 5 nitrogen and oxygen atoms in total. The third kappa shape index (κ3) is 3.29. The predicted molar refractivity (Wildman–Crippen MR) is 77.4 cm³/mol. The molecule has 19 heavy (non-hydrogen) atoms. The first-order valence-corrected chi connectivity index (χ1v) is 6.59. The average molecular weight is 276 g/mol. The van der Waals surface area contributed by atoms with Gasteiger partial charge in [0.25, 0.3) is 0 Å². The van der Waals surface area contributed by atoms with Gasteiger partial charge in [-0.05, 0) is 49.0 Å². The summed E-state index contributed by atoms with van der Waals surface area (Å²) in [5.41, 5.74) is 0.980. The minimum Gasteiger partial charge on any atom is -0.494 e. The van der Waals surface area contributed by atoms with Gasteiger partial charge in [0.1, 0.15) is 5.75 Å². The predicted octanol–water partition coefficient (Wildman–Crippen LogP) is 2.78. The van der Waals surface area contributed by atoms with Crippen molar-refractivity contribution in [1.82, 2.24) is 14.9 Å². The minimum atomic E-state index is 0.499. The number of rotatable bonds is 5. The molecule has 0 fully saturated rings. The van der Waals surface area contributed by atoms with E-state index < -0.39 is 0 Å². The number of aromatic amines is 1. The normalized spacial score (nSPS) is 11.1.